The molecule has 4 rings (SSSR count). The smallest absolute Gasteiger partial charge is 0.338 e. The summed E-state index contributed by atoms with van der Waals surface area (Å²) in [5.74, 6) is -3.24. The molecule has 7 N–H and O–H groups in total. The van der Waals surface area contributed by atoms with Crippen LogP contribution in [0.15, 0.2) is 30.3 Å². The fraction of sp³-hybridized carbons (Fsp3) is 0.435. The monoisotopic (exact) mass is 510 g/mol. The van der Waals surface area contributed by atoms with E-state index in [0.29, 0.717) is 5.56 Å². The molecular weight excluding hydrogens is 484 g/mol. The largest absolute Gasteiger partial charge is 0.504 e. The third kappa shape index (κ3) is 4.84. The first-order valence-electron chi connectivity index (χ1n) is 10.9. The lowest BCUT2D eigenvalue weighted by Crippen LogP contribution is -2.64. The molecule has 0 bridgehead atoms. The number of rotatable bonds is 6. The topological polar surface area (TPSA) is 205 Å². The summed E-state index contributed by atoms with van der Waals surface area (Å²) in [4.78, 5) is 12.3. The number of carbonyl (C=O) groups is 1. The lowest BCUT2D eigenvalue weighted by Gasteiger charge is -2.48. The quantitative estimate of drug-likeness (QED) is 0.196. The standard InChI is InChI=1S/C23H26O13/c1-32-14-6-9(2-3-11(14)25)20-15(7-24)34-23-21(36-20)19(30)18(29)16(35-23)8-33-22(31)10-4-12(26)17(28)13(27)5-10/h2-6,15-16,18-21,23-30H,7-8H2,1H3/t15-,16+,18+,19-,20-,21+,23+/m0/s1. The van der Waals surface area contributed by atoms with Crippen molar-refractivity contribution >= 4 is 5.97 Å². The molecule has 2 saturated heterocycles. The molecule has 13 nitrogen and oxygen atoms in total. The third-order valence-corrected chi connectivity index (χ3v) is 5.99. The van der Waals surface area contributed by atoms with Gasteiger partial charge in [0.15, 0.2) is 35.0 Å². The van der Waals surface area contributed by atoms with E-state index in [4.69, 9.17) is 23.7 Å². The molecule has 2 aliphatic rings. The Labute approximate surface area is 204 Å². The number of aliphatic hydroxyl groups excluding tert-OH is 3. The van der Waals surface area contributed by atoms with Gasteiger partial charge in [-0.1, -0.05) is 6.07 Å². The first kappa shape index (κ1) is 25.8. The van der Waals surface area contributed by atoms with Crippen molar-refractivity contribution in [3.8, 4) is 28.7 Å². The van der Waals surface area contributed by atoms with Crippen LogP contribution >= 0.6 is 0 Å². The summed E-state index contributed by atoms with van der Waals surface area (Å²) in [6, 6.07) is 6.15. The summed E-state index contributed by atoms with van der Waals surface area (Å²) >= 11 is 0. The zero-order chi connectivity index (χ0) is 26.1. The van der Waals surface area contributed by atoms with Crippen LogP contribution in [0.4, 0.5) is 0 Å². The first-order valence-corrected chi connectivity index (χ1v) is 10.9. The van der Waals surface area contributed by atoms with Gasteiger partial charge in [0.05, 0.1) is 19.3 Å². The Morgan fingerprint density at radius 1 is 0.917 bits per heavy atom. The average molecular weight is 510 g/mol. The molecule has 2 aromatic carbocycles. The number of esters is 1. The molecule has 0 aliphatic carbocycles. The van der Waals surface area contributed by atoms with Crippen molar-refractivity contribution in [1.82, 2.24) is 0 Å². The van der Waals surface area contributed by atoms with Crippen molar-refractivity contribution in [2.75, 3.05) is 20.3 Å². The predicted molar refractivity (Wildman–Crippen MR) is 117 cm³/mol. The molecule has 0 aromatic heterocycles. The number of fused-ring (bicyclic) bond motifs is 1. The summed E-state index contributed by atoms with van der Waals surface area (Å²) in [6.45, 7) is -1.04. The van der Waals surface area contributed by atoms with Gasteiger partial charge in [-0.05, 0) is 29.8 Å². The second kappa shape index (κ2) is 10.3. The van der Waals surface area contributed by atoms with E-state index >= 15 is 0 Å². The van der Waals surface area contributed by atoms with Gasteiger partial charge in [0.25, 0.3) is 0 Å². The number of ether oxygens (including phenoxy) is 5. The van der Waals surface area contributed by atoms with Gasteiger partial charge < -0.3 is 59.4 Å². The highest BCUT2D eigenvalue weighted by atomic mass is 16.7. The molecule has 0 saturated carbocycles. The van der Waals surface area contributed by atoms with Crippen molar-refractivity contribution in [3.05, 3.63) is 41.5 Å². The van der Waals surface area contributed by atoms with Crippen LogP contribution in [-0.4, -0.2) is 98.8 Å². The second-order valence-electron chi connectivity index (χ2n) is 8.30. The van der Waals surface area contributed by atoms with Crippen LogP contribution in [0.25, 0.3) is 0 Å². The second-order valence-corrected chi connectivity index (χ2v) is 8.30. The number of hydrogen-bond donors (Lipinski definition) is 7. The summed E-state index contributed by atoms with van der Waals surface area (Å²) in [5.41, 5.74) is 0.191. The van der Waals surface area contributed by atoms with E-state index in [2.05, 4.69) is 0 Å². The lowest BCUT2D eigenvalue weighted by atomic mass is 9.95. The fourth-order valence-corrected chi connectivity index (χ4v) is 4.06. The molecule has 2 aromatic rings. The maximum absolute atomic E-state index is 12.3. The molecule has 0 unspecified atom stereocenters. The summed E-state index contributed by atoms with van der Waals surface area (Å²) < 4.78 is 27.6. The number of aliphatic hydroxyl groups is 3. The summed E-state index contributed by atoms with van der Waals surface area (Å²) in [6.07, 6.45) is -8.61. The molecule has 2 aliphatic heterocycles. The Bertz CT molecular complexity index is 1080. The van der Waals surface area contributed by atoms with Crippen molar-refractivity contribution < 1.29 is 64.2 Å². The zero-order valence-electron chi connectivity index (χ0n) is 18.9. The Morgan fingerprint density at radius 3 is 2.22 bits per heavy atom. The molecule has 0 spiro atoms. The molecule has 7 atom stereocenters. The van der Waals surface area contributed by atoms with Crippen LogP contribution in [0.1, 0.15) is 22.0 Å². The van der Waals surface area contributed by atoms with Crippen LogP contribution in [0, 0.1) is 0 Å². The van der Waals surface area contributed by atoms with Crippen molar-refractivity contribution in [3.63, 3.8) is 0 Å². The van der Waals surface area contributed by atoms with E-state index < -0.39 is 79.3 Å². The minimum atomic E-state index is -1.56. The molecule has 0 amide bonds. The van der Waals surface area contributed by atoms with Gasteiger partial charge in [-0.3, -0.25) is 0 Å². The number of phenolic OH excluding ortho intramolecular Hbond substituents is 4. The van der Waals surface area contributed by atoms with Crippen LogP contribution in [0.3, 0.4) is 0 Å². The van der Waals surface area contributed by atoms with E-state index in [9.17, 15) is 40.5 Å². The number of hydrogen-bond acceptors (Lipinski definition) is 13. The highest BCUT2D eigenvalue weighted by Gasteiger charge is 2.52. The van der Waals surface area contributed by atoms with E-state index in [-0.39, 0.29) is 17.1 Å². The van der Waals surface area contributed by atoms with Crippen LogP contribution < -0.4 is 4.74 Å². The number of aromatic hydroxyl groups is 4. The third-order valence-electron chi connectivity index (χ3n) is 5.99. The van der Waals surface area contributed by atoms with Gasteiger partial charge >= 0.3 is 5.97 Å². The van der Waals surface area contributed by atoms with Gasteiger partial charge in [-0.2, -0.15) is 0 Å². The number of methoxy groups -OCH3 is 1. The average Bonchev–Trinajstić information content (AvgIpc) is 2.87. The maximum Gasteiger partial charge on any atom is 0.338 e. The molecular formula is C23H26O13. The molecule has 196 valence electrons. The minimum Gasteiger partial charge on any atom is -0.504 e. The normalized spacial score (nSPS) is 29.8. The molecule has 2 heterocycles. The Morgan fingerprint density at radius 2 is 1.58 bits per heavy atom. The Balaban J connectivity index is 1.45. The number of phenols is 4. The van der Waals surface area contributed by atoms with E-state index in [0.717, 1.165) is 12.1 Å². The van der Waals surface area contributed by atoms with Gasteiger partial charge in [-0.25, -0.2) is 4.79 Å². The number of benzene rings is 2. The Kier molecular flexibility index (Phi) is 7.40. The first-order chi connectivity index (χ1) is 17.1. The highest BCUT2D eigenvalue weighted by Crippen LogP contribution is 2.40. The van der Waals surface area contributed by atoms with E-state index in [1.54, 1.807) is 0 Å². The molecule has 13 heteroatoms. The van der Waals surface area contributed by atoms with Gasteiger partial charge in [0.2, 0.25) is 0 Å². The van der Waals surface area contributed by atoms with Crippen molar-refractivity contribution in [2.24, 2.45) is 0 Å². The zero-order valence-corrected chi connectivity index (χ0v) is 18.9. The maximum atomic E-state index is 12.3. The molecule has 36 heavy (non-hydrogen) atoms. The molecule has 0 radical (unpaired) electrons. The lowest BCUT2D eigenvalue weighted by molar-refractivity contribution is -0.370. The SMILES string of the molecule is COc1cc([C@@H]2O[C@H]3[C@H](O[C@H]2CO)O[C@H](COC(=O)c2cc(O)c(O)c(O)c2)[C@@H](O)[C@@H]3O)ccc1O. The molecule has 2 fully saturated rings. The van der Waals surface area contributed by atoms with Gasteiger partial charge in [-0.15, -0.1) is 0 Å². The van der Waals surface area contributed by atoms with Crippen LogP contribution in [-0.2, 0) is 18.9 Å². The minimum absolute atomic E-state index is 0.108. The van der Waals surface area contributed by atoms with Crippen molar-refractivity contribution in [1.29, 1.82) is 0 Å². The van der Waals surface area contributed by atoms with Crippen molar-refractivity contribution in [2.45, 2.75) is 42.9 Å². The van der Waals surface area contributed by atoms with Crippen LogP contribution in [0.5, 0.6) is 28.7 Å². The Hall–Kier alpha value is -3.33. The van der Waals surface area contributed by atoms with E-state index in [1.807, 2.05) is 0 Å². The van der Waals surface area contributed by atoms with Crippen LogP contribution in [0.2, 0.25) is 0 Å². The predicted octanol–water partition coefficient (Wildman–Crippen LogP) is -0.361. The fourth-order valence-electron chi connectivity index (χ4n) is 4.06. The summed E-state index contributed by atoms with van der Waals surface area (Å²) in [7, 11) is 1.37. The number of carbonyl (C=O) groups excluding carboxylic acids is 1. The highest BCUT2D eigenvalue weighted by molar-refractivity contribution is 5.91. The summed E-state index contributed by atoms with van der Waals surface area (Å²) in [5, 5.41) is 69.5. The van der Waals surface area contributed by atoms with E-state index in [1.165, 1.54) is 25.3 Å². The van der Waals surface area contributed by atoms with Gasteiger partial charge in [0.1, 0.15) is 43.2 Å². The van der Waals surface area contributed by atoms with Gasteiger partial charge in [0, 0.05) is 0 Å².